The maximum Gasteiger partial charge on any atom is 0.243 e. The standard InChI is InChI=1S/C18H19BrN2O3S/c19-15-8-10-16(11-9-15)20-18(22)14-5-4-12-21(13-14)25(23,24)17-6-2-1-3-7-17/h1-3,6-11,14H,4-5,12-13H2,(H,20,22)/t14-/m0/s1. The molecule has 1 aliphatic heterocycles. The van der Waals surface area contributed by atoms with Gasteiger partial charge in [0.1, 0.15) is 0 Å². The average Bonchev–Trinajstić information content (AvgIpc) is 2.64. The Morgan fingerprint density at radius 3 is 2.44 bits per heavy atom. The van der Waals surface area contributed by atoms with Gasteiger partial charge >= 0.3 is 0 Å². The molecule has 0 spiro atoms. The van der Waals surface area contributed by atoms with E-state index in [0.29, 0.717) is 25.1 Å². The summed E-state index contributed by atoms with van der Waals surface area (Å²) in [5.74, 6) is -0.494. The maximum absolute atomic E-state index is 12.7. The largest absolute Gasteiger partial charge is 0.326 e. The second-order valence-corrected chi connectivity index (χ2v) is 8.87. The molecule has 0 radical (unpaired) electrons. The summed E-state index contributed by atoms with van der Waals surface area (Å²) in [7, 11) is -3.56. The van der Waals surface area contributed by atoms with Gasteiger partial charge in [-0.2, -0.15) is 4.31 Å². The van der Waals surface area contributed by atoms with E-state index in [9.17, 15) is 13.2 Å². The van der Waals surface area contributed by atoms with Crippen LogP contribution in [0.5, 0.6) is 0 Å². The number of hydrogen-bond acceptors (Lipinski definition) is 3. The van der Waals surface area contributed by atoms with Gasteiger partial charge in [0, 0.05) is 23.2 Å². The van der Waals surface area contributed by atoms with E-state index in [4.69, 9.17) is 0 Å². The number of nitrogens with zero attached hydrogens (tertiary/aromatic N) is 1. The molecule has 1 fully saturated rings. The van der Waals surface area contributed by atoms with Gasteiger partial charge in [-0.15, -0.1) is 0 Å². The molecule has 0 saturated carbocycles. The van der Waals surface area contributed by atoms with Gasteiger partial charge in [0.15, 0.2) is 0 Å². The zero-order valence-electron chi connectivity index (χ0n) is 13.6. The van der Waals surface area contributed by atoms with Crippen molar-refractivity contribution in [3.63, 3.8) is 0 Å². The summed E-state index contributed by atoms with van der Waals surface area (Å²) in [6, 6.07) is 15.7. The molecule has 0 aliphatic carbocycles. The van der Waals surface area contributed by atoms with Crippen LogP contribution < -0.4 is 5.32 Å². The molecule has 1 amide bonds. The fourth-order valence-corrected chi connectivity index (χ4v) is 4.70. The van der Waals surface area contributed by atoms with E-state index >= 15 is 0 Å². The molecule has 132 valence electrons. The molecule has 1 heterocycles. The molecule has 2 aromatic carbocycles. The fraction of sp³-hybridized carbons (Fsp3) is 0.278. The highest BCUT2D eigenvalue weighted by atomic mass is 79.9. The molecule has 0 unspecified atom stereocenters. The van der Waals surface area contributed by atoms with Gasteiger partial charge in [0.2, 0.25) is 15.9 Å². The van der Waals surface area contributed by atoms with Crippen molar-refractivity contribution in [1.82, 2.24) is 4.31 Å². The molecular formula is C18H19BrN2O3S. The molecule has 2 aromatic rings. The van der Waals surface area contributed by atoms with Gasteiger partial charge < -0.3 is 5.32 Å². The molecule has 1 saturated heterocycles. The first-order chi connectivity index (χ1) is 12.0. The van der Waals surface area contributed by atoms with Crippen LogP contribution >= 0.6 is 15.9 Å². The van der Waals surface area contributed by atoms with E-state index in [2.05, 4.69) is 21.2 Å². The number of anilines is 1. The van der Waals surface area contributed by atoms with Crippen LogP contribution in [-0.4, -0.2) is 31.7 Å². The number of nitrogens with one attached hydrogen (secondary N) is 1. The highest BCUT2D eigenvalue weighted by molar-refractivity contribution is 9.10. The molecule has 1 atom stereocenters. The number of piperidine rings is 1. The van der Waals surface area contributed by atoms with E-state index in [1.807, 2.05) is 24.3 Å². The van der Waals surface area contributed by atoms with Gasteiger partial charge in [-0.05, 0) is 49.2 Å². The van der Waals surface area contributed by atoms with Crippen molar-refractivity contribution in [2.45, 2.75) is 17.7 Å². The van der Waals surface area contributed by atoms with E-state index in [1.54, 1.807) is 30.3 Å². The molecule has 0 aromatic heterocycles. The Morgan fingerprint density at radius 1 is 1.08 bits per heavy atom. The molecule has 5 nitrogen and oxygen atoms in total. The minimum atomic E-state index is -3.56. The van der Waals surface area contributed by atoms with Crippen molar-refractivity contribution >= 4 is 37.5 Å². The van der Waals surface area contributed by atoms with Crippen LogP contribution in [0.25, 0.3) is 0 Å². The summed E-state index contributed by atoms with van der Waals surface area (Å²) in [6.07, 6.45) is 1.35. The summed E-state index contributed by atoms with van der Waals surface area (Å²) in [5, 5.41) is 2.87. The van der Waals surface area contributed by atoms with Gasteiger partial charge in [-0.1, -0.05) is 34.1 Å². The Labute approximate surface area is 156 Å². The summed E-state index contributed by atoms with van der Waals surface area (Å²) in [5.41, 5.74) is 0.705. The first kappa shape index (κ1) is 18.1. The van der Waals surface area contributed by atoms with Crippen LogP contribution in [0.1, 0.15) is 12.8 Å². The van der Waals surface area contributed by atoms with E-state index in [1.165, 1.54) is 4.31 Å². The number of benzene rings is 2. The Bertz CT molecular complexity index is 838. The third-order valence-corrected chi connectivity index (χ3v) is 6.66. The third kappa shape index (κ3) is 4.29. The second-order valence-electron chi connectivity index (χ2n) is 6.01. The topological polar surface area (TPSA) is 66.5 Å². The quantitative estimate of drug-likeness (QED) is 0.819. The van der Waals surface area contributed by atoms with Crippen molar-refractivity contribution in [2.75, 3.05) is 18.4 Å². The number of carbonyl (C=O) groups is 1. The summed E-state index contributed by atoms with van der Waals surface area (Å²) in [4.78, 5) is 12.8. The molecule has 25 heavy (non-hydrogen) atoms. The minimum Gasteiger partial charge on any atom is -0.326 e. The maximum atomic E-state index is 12.7. The van der Waals surface area contributed by atoms with Crippen molar-refractivity contribution in [3.05, 3.63) is 59.1 Å². The Morgan fingerprint density at radius 2 is 1.76 bits per heavy atom. The lowest BCUT2D eigenvalue weighted by atomic mass is 9.99. The zero-order chi connectivity index (χ0) is 17.9. The number of carbonyl (C=O) groups excluding carboxylic acids is 1. The van der Waals surface area contributed by atoms with Gasteiger partial charge in [0.05, 0.1) is 10.8 Å². The SMILES string of the molecule is O=C(Nc1ccc(Br)cc1)[C@H]1CCCN(S(=O)(=O)c2ccccc2)C1. The van der Waals surface area contributed by atoms with Crippen molar-refractivity contribution in [3.8, 4) is 0 Å². The summed E-state index contributed by atoms with van der Waals surface area (Å²) >= 11 is 3.35. The fourth-order valence-electron chi connectivity index (χ4n) is 2.89. The average molecular weight is 423 g/mol. The van der Waals surface area contributed by atoms with Crippen LogP contribution in [0.3, 0.4) is 0 Å². The zero-order valence-corrected chi connectivity index (χ0v) is 16.0. The smallest absolute Gasteiger partial charge is 0.243 e. The Balaban J connectivity index is 1.70. The number of rotatable bonds is 4. The summed E-state index contributed by atoms with van der Waals surface area (Å²) < 4.78 is 27.8. The van der Waals surface area contributed by atoms with Crippen LogP contribution in [0.2, 0.25) is 0 Å². The first-order valence-electron chi connectivity index (χ1n) is 8.08. The normalized spacial score (nSPS) is 18.7. The lowest BCUT2D eigenvalue weighted by Gasteiger charge is -2.31. The van der Waals surface area contributed by atoms with Crippen LogP contribution in [-0.2, 0) is 14.8 Å². The minimum absolute atomic E-state index is 0.143. The number of amides is 1. The first-order valence-corrected chi connectivity index (χ1v) is 10.3. The highest BCUT2D eigenvalue weighted by Crippen LogP contribution is 2.25. The number of halogens is 1. The Hall–Kier alpha value is -1.70. The molecule has 7 heteroatoms. The monoisotopic (exact) mass is 422 g/mol. The van der Waals surface area contributed by atoms with E-state index in [0.717, 1.165) is 4.47 Å². The predicted molar refractivity (Wildman–Crippen MR) is 101 cm³/mol. The van der Waals surface area contributed by atoms with Crippen LogP contribution in [0.15, 0.2) is 64.0 Å². The van der Waals surface area contributed by atoms with Gasteiger partial charge in [-0.3, -0.25) is 4.79 Å². The van der Waals surface area contributed by atoms with Gasteiger partial charge in [0.25, 0.3) is 0 Å². The Kier molecular flexibility index (Phi) is 5.56. The van der Waals surface area contributed by atoms with Crippen molar-refractivity contribution in [1.29, 1.82) is 0 Å². The second kappa shape index (κ2) is 7.68. The molecule has 1 N–H and O–H groups in total. The molecule has 1 aliphatic rings. The third-order valence-electron chi connectivity index (χ3n) is 4.25. The van der Waals surface area contributed by atoms with Crippen molar-refractivity contribution in [2.24, 2.45) is 5.92 Å². The number of sulfonamides is 1. The lowest BCUT2D eigenvalue weighted by molar-refractivity contribution is -0.120. The van der Waals surface area contributed by atoms with E-state index < -0.39 is 10.0 Å². The summed E-state index contributed by atoms with van der Waals surface area (Å²) in [6.45, 7) is 0.652. The predicted octanol–water partition coefficient (Wildman–Crippen LogP) is 3.49. The van der Waals surface area contributed by atoms with Crippen molar-refractivity contribution < 1.29 is 13.2 Å². The van der Waals surface area contributed by atoms with Crippen LogP contribution in [0, 0.1) is 5.92 Å². The van der Waals surface area contributed by atoms with Crippen LogP contribution in [0.4, 0.5) is 5.69 Å². The van der Waals surface area contributed by atoms with E-state index in [-0.39, 0.29) is 23.3 Å². The molecule has 3 rings (SSSR count). The number of hydrogen-bond donors (Lipinski definition) is 1. The molecule has 0 bridgehead atoms. The molecular weight excluding hydrogens is 404 g/mol. The van der Waals surface area contributed by atoms with Gasteiger partial charge in [-0.25, -0.2) is 8.42 Å². The highest BCUT2D eigenvalue weighted by Gasteiger charge is 2.33. The lowest BCUT2D eigenvalue weighted by Crippen LogP contribution is -2.43.